The van der Waals surface area contributed by atoms with Crippen LogP contribution in [-0.4, -0.2) is 21.1 Å². The molecule has 4 rings (SSSR count). The van der Waals surface area contributed by atoms with Gasteiger partial charge in [0.2, 0.25) is 0 Å². The average molecular weight is 459 g/mol. The molecule has 0 amide bonds. The van der Waals surface area contributed by atoms with E-state index in [0.717, 1.165) is 28.3 Å². The zero-order valence-electron chi connectivity index (χ0n) is 19.3. The number of halogens is 1. The van der Waals surface area contributed by atoms with Crippen molar-refractivity contribution < 1.29 is 13.9 Å². The predicted molar refractivity (Wildman–Crippen MR) is 131 cm³/mol. The fourth-order valence-corrected chi connectivity index (χ4v) is 3.37. The Hall–Kier alpha value is -4.13. The van der Waals surface area contributed by atoms with Crippen LogP contribution in [0.1, 0.15) is 22.5 Å². The summed E-state index contributed by atoms with van der Waals surface area (Å²) >= 11 is 0. The van der Waals surface area contributed by atoms with E-state index in [1.807, 2.05) is 55.1 Å². The maximum Gasteiger partial charge on any atom is 0.146 e. The largest absolute Gasteiger partial charge is 0.493 e. The standard InChI is InChI=1S/C27H27FN4O2/c1-19-5-4-11-30-27(19)31-20(2)22-15-24(33-14-10-21-6-8-23(28)9-7-21)17-25(16-22)34-18-26-29-12-13-32(26)3/h4-9,11-13,15-17H,2,10,14,18H2,1,3H3,(H,30,31). The second-order valence-corrected chi connectivity index (χ2v) is 7.93. The highest BCUT2D eigenvalue weighted by Crippen LogP contribution is 2.28. The summed E-state index contributed by atoms with van der Waals surface area (Å²) in [6.45, 7) is 6.93. The van der Waals surface area contributed by atoms with Gasteiger partial charge in [-0.25, -0.2) is 14.4 Å². The number of ether oxygens (including phenoxy) is 2. The van der Waals surface area contributed by atoms with Gasteiger partial charge in [0.05, 0.1) is 6.61 Å². The van der Waals surface area contributed by atoms with Crippen LogP contribution in [-0.2, 0) is 20.1 Å². The van der Waals surface area contributed by atoms with E-state index in [0.29, 0.717) is 36.8 Å². The van der Waals surface area contributed by atoms with Crippen LogP contribution >= 0.6 is 0 Å². The van der Waals surface area contributed by atoms with Gasteiger partial charge in [0.25, 0.3) is 0 Å². The first-order valence-corrected chi connectivity index (χ1v) is 11.0. The molecule has 0 spiro atoms. The van der Waals surface area contributed by atoms with Crippen LogP contribution in [0.5, 0.6) is 11.5 Å². The van der Waals surface area contributed by atoms with E-state index in [4.69, 9.17) is 9.47 Å². The molecule has 1 N–H and O–H groups in total. The van der Waals surface area contributed by atoms with Crippen molar-refractivity contribution in [1.82, 2.24) is 14.5 Å². The first-order chi connectivity index (χ1) is 16.5. The molecule has 0 aliphatic heterocycles. The van der Waals surface area contributed by atoms with E-state index in [1.165, 1.54) is 12.1 Å². The molecule has 6 nitrogen and oxygen atoms in total. The number of nitrogens with zero attached hydrogens (tertiary/aromatic N) is 3. The maximum absolute atomic E-state index is 13.1. The maximum atomic E-state index is 13.1. The average Bonchev–Trinajstić information content (AvgIpc) is 3.25. The van der Waals surface area contributed by atoms with Crippen LogP contribution in [0.15, 0.2) is 79.8 Å². The molecule has 174 valence electrons. The highest BCUT2D eigenvalue weighted by Gasteiger charge is 2.10. The molecule has 0 aliphatic carbocycles. The number of hydrogen-bond acceptors (Lipinski definition) is 5. The number of hydrogen-bond donors (Lipinski definition) is 1. The predicted octanol–water partition coefficient (Wildman–Crippen LogP) is 5.55. The lowest BCUT2D eigenvalue weighted by Crippen LogP contribution is -2.06. The minimum Gasteiger partial charge on any atom is -0.493 e. The van der Waals surface area contributed by atoms with Crippen molar-refractivity contribution in [3.05, 3.63) is 108 Å². The van der Waals surface area contributed by atoms with Gasteiger partial charge in [0.15, 0.2) is 0 Å². The summed E-state index contributed by atoms with van der Waals surface area (Å²) in [6, 6.07) is 16.0. The second kappa shape index (κ2) is 10.7. The molecule has 2 aromatic carbocycles. The summed E-state index contributed by atoms with van der Waals surface area (Å²) in [6.07, 6.45) is 6.00. The third-order valence-electron chi connectivity index (χ3n) is 5.37. The number of imidazole rings is 1. The van der Waals surface area contributed by atoms with Crippen molar-refractivity contribution in [3.63, 3.8) is 0 Å². The molecule has 7 heteroatoms. The molecule has 0 saturated carbocycles. The van der Waals surface area contributed by atoms with E-state index >= 15 is 0 Å². The molecule has 0 unspecified atom stereocenters. The van der Waals surface area contributed by atoms with Gasteiger partial charge in [-0.2, -0.15) is 0 Å². The van der Waals surface area contributed by atoms with Gasteiger partial charge in [0, 0.05) is 49.4 Å². The Balaban J connectivity index is 1.51. The fraction of sp³-hybridized carbons (Fsp3) is 0.185. The molecular formula is C27H27FN4O2. The smallest absolute Gasteiger partial charge is 0.146 e. The highest BCUT2D eigenvalue weighted by molar-refractivity contribution is 5.76. The zero-order valence-corrected chi connectivity index (χ0v) is 19.3. The number of nitrogens with one attached hydrogen (secondary N) is 1. The van der Waals surface area contributed by atoms with E-state index in [-0.39, 0.29) is 5.82 Å². The van der Waals surface area contributed by atoms with Crippen molar-refractivity contribution in [2.45, 2.75) is 20.0 Å². The van der Waals surface area contributed by atoms with E-state index in [1.54, 1.807) is 24.5 Å². The Morgan fingerprint density at radius 2 is 1.79 bits per heavy atom. The number of rotatable bonds is 10. The normalized spacial score (nSPS) is 10.7. The zero-order chi connectivity index (χ0) is 23.9. The van der Waals surface area contributed by atoms with Crippen molar-refractivity contribution in [2.24, 2.45) is 7.05 Å². The summed E-state index contributed by atoms with van der Waals surface area (Å²) in [5, 5.41) is 3.28. The lowest BCUT2D eigenvalue weighted by molar-refractivity contribution is 0.285. The lowest BCUT2D eigenvalue weighted by atomic mass is 10.1. The van der Waals surface area contributed by atoms with Crippen molar-refractivity contribution >= 4 is 11.5 Å². The molecule has 0 aliphatic rings. The molecule has 0 radical (unpaired) electrons. The Morgan fingerprint density at radius 1 is 1.03 bits per heavy atom. The lowest BCUT2D eigenvalue weighted by Gasteiger charge is -2.15. The molecule has 0 bridgehead atoms. The molecule has 34 heavy (non-hydrogen) atoms. The van der Waals surface area contributed by atoms with Gasteiger partial charge >= 0.3 is 0 Å². The van der Waals surface area contributed by atoms with Crippen LogP contribution < -0.4 is 14.8 Å². The van der Waals surface area contributed by atoms with Gasteiger partial charge in [-0.3, -0.25) is 0 Å². The summed E-state index contributed by atoms with van der Waals surface area (Å²) in [7, 11) is 1.92. The minimum absolute atomic E-state index is 0.249. The first-order valence-electron chi connectivity index (χ1n) is 11.0. The fourth-order valence-electron chi connectivity index (χ4n) is 3.37. The molecule has 2 aromatic heterocycles. The molecule has 4 aromatic rings. The Kier molecular flexibility index (Phi) is 7.22. The summed E-state index contributed by atoms with van der Waals surface area (Å²) in [5.74, 6) is 2.59. The van der Waals surface area contributed by atoms with Crippen LogP contribution in [0.4, 0.5) is 10.2 Å². The van der Waals surface area contributed by atoms with Gasteiger partial charge in [-0.05, 0) is 48.4 Å². The van der Waals surface area contributed by atoms with Crippen molar-refractivity contribution in [3.8, 4) is 11.5 Å². The third kappa shape index (κ3) is 6.01. The topological polar surface area (TPSA) is 61.2 Å². The number of anilines is 1. The van der Waals surface area contributed by atoms with E-state index in [9.17, 15) is 4.39 Å². The van der Waals surface area contributed by atoms with Gasteiger partial charge in [0.1, 0.15) is 35.6 Å². The van der Waals surface area contributed by atoms with Gasteiger partial charge in [-0.1, -0.05) is 24.8 Å². The Labute approximate surface area is 198 Å². The Morgan fingerprint density at radius 3 is 2.50 bits per heavy atom. The van der Waals surface area contributed by atoms with E-state index in [2.05, 4.69) is 21.9 Å². The van der Waals surface area contributed by atoms with Crippen LogP contribution in [0.3, 0.4) is 0 Å². The highest BCUT2D eigenvalue weighted by atomic mass is 19.1. The van der Waals surface area contributed by atoms with Gasteiger partial charge in [-0.15, -0.1) is 0 Å². The second-order valence-electron chi connectivity index (χ2n) is 7.93. The summed E-state index contributed by atoms with van der Waals surface area (Å²) in [4.78, 5) is 8.69. The van der Waals surface area contributed by atoms with Crippen molar-refractivity contribution in [1.29, 1.82) is 0 Å². The quantitative estimate of drug-likeness (QED) is 0.338. The molecule has 0 fully saturated rings. The SMILES string of the molecule is C=C(Nc1ncccc1C)c1cc(OCCc2ccc(F)cc2)cc(OCc2nccn2C)c1. The van der Waals surface area contributed by atoms with E-state index < -0.39 is 0 Å². The number of aryl methyl sites for hydroxylation is 2. The summed E-state index contributed by atoms with van der Waals surface area (Å²) < 4.78 is 27.1. The first kappa shape index (κ1) is 23.0. The minimum atomic E-state index is -0.249. The molecule has 0 atom stereocenters. The summed E-state index contributed by atoms with van der Waals surface area (Å²) in [5.41, 5.74) is 3.51. The number of pyridine rings is 1. The van der Waals surface area contributed by atoms with Crippen molar-refractivity contribution in [2.75, 3.05) is 11.9 Å². The molecule has 0 saturated heterocycles. The van der Waals surface area contributed by atoms with Crippen LogP contribution in [0.25, 0.3) is 5.70 Å². The molecule has 2 heterocycles. The number of aromatic nitrogens is 3. The number of benzene rings is 2. The third-order valence-corrected chi connectivity index (χ3v) is 5.37. The monoisotopic (exact) mass is 458 g/mol. The Bertz CT molecular complexity index is 1270. The van der Waals surface area contributed by atoms with Gasteiger partial charge < -0.3 is 19.4 Å². The van der Waals surface area contributed by atoms with Crippen LogP contribution in [0.2, 0.25) is 0 Å². The molecular weight excluding hydrogens is 431 g/mol. The van der Waals surface area contributed by atoms with Crippen LogP contribution in [0, 0.1) is 12.7 Å².